The Balaban J connectivity index is 0.000000516. The van der Waals surface area contributed by atoms with Gasteiger partial charge in [-0.2, -0.15) is 0 Å². The van der Waals surface area contributed by atoms with Gasteiger partial charge < -0.3 is 5.73 Å². The van der Waals surface area contributed by atoms with Crippen LogP contribution in [0.4, 0.5) is 0 Å². The summed E-state index contributed by atoms with van der Waals surface area (Å²) in [5.41, 5.74) is 18.3. The Labute approximate surface area is 249 Å². The maximum Gasteiger partial charge on any atom is 0.0245 e. The Morgan fingerprint density at radius 2 is 1.40 bits per heavy atom. The second kappa shape index (κ2) is 21.2. The van der Waals surface area contributed by atoms with E-state index in [0.29, 0.717) is 5.41 Å². The van der Waals surface area contributed by atoms with Gasteiger partial charge in [-0.25, -0.2) is 0 Å². The summed E-state index contributed by atoms with van der Waals surface area (Å²) < 4.78 is 0. The number of nitrogens with two attached hydrogens (primary N) is 1. The molecule has 1 aromatic rings. The maximum atomic E-state index is 5.52. The van der Waals surface area contributed by atoms with Gasteiger partial charge in [-0.3, -0.25) is 0 Å². The number of allylic oxidation sites excluding steroid dienone is 7. The summed E-state index contributed by atoms with van der Waals surface area (Å²) in [6, 6.07) is 8.97. The molecule has 0 aromatic heterocycles. The summed E-state index contributed by atoms with van der Waals surface area (Å²) in [7, 11) is 0. The molecule has 0 bridgehead atoms. The molecular weight excluding hydrogens is 482 g/mol. The standard InChI is InChI=1S/C12H16.C11H20.C10H12.C6H13N/c1-4-11-5-7-12(8-6-11)9-10(2)3;1-4-11(10(2)3)8-6-5-7-9-11;1-3-10-7-5-4-6-9(2)8-10;1-4-6(7)5(2)3/h5-8H,2,4,9H2,1,3H3;2,4-9H2,1,3H3;4-7H,3H2,1-2H3;6H,2,4,7H2,1,3H3. The zero-order valence-electron chi connectivity index (χ0n) is 27.5. The fraction of sp³-hybridized carbons (Fsp3) is 0.513. The molecule has 0 heterocycles. The quantitative estimate of drug-likeness (QED) is 0.256. The first-order valence-electron chi connectivity index (χ1n) is 15.5. The first-order chi connectivity index (χ1) is 18.9. The number of aryl methyl sites for hydroxylation is 1. The molecule has 2 aliphatic carbocycles. The van der Waals surface area contributed by atoms with E-state index in [1.165, 1.54) is 71.9 Å². The van der Waals surface area contributed by atoms with Crippen LogP contribution in [0.3, 0.4) is 0 Å². The van der Waals surface area contributed by atoms with Gasteiger partial charge in [0.2, 0.25) is 0 Å². The molecule has 2 N–H and O–H groups in total. The lowest BCUT2D eigenvalue weighted by atomic mass is 9.68. The monoisotopic (exact) mass is 543 g/mol. The Bertz CT molecular complexity index is 1020. The van der Waals surface area contributed by atoms with Crippen molar-refractivity contribution in [1.29, 1.82) is 0 Å². The average Bonchev–Trinajstić information content (AvgIpc) is 3.17. The SMILES string of the molecule is C=C(C)C(N)CC.C=C(C)C1(CC)CCCCC1.C=C(C)Cc1ccc(CC)cc1.CCC1=C=C(C)C=CC=C1. The molecule has 0 saturated heterocycles. The number of benzene rings is 1. The molecule has 222 valence electrons. The molecule has 1 atom stereocenters. The minimum absolute atomic E-state index is 0.208. The van der Waals surface area contributed by atoms with Crippen LogP contribution in [0.2, 0.25) is 0 Å². The van der Waals surface area contributed by atoms with E-state index in [1.807, 2.05) is 13.0 Å². The molecule has 1 heteroatoms. The molecular formula is C39H61N. The molecule has 1 saturated carbocycles. The van der Waals surface area contributed by atoms with Crippen molar-refractivity contribution in [3.63, 3.8) is 0 Å². The highest BCUT2D eigenvalue weighted by molar-refractivity contribution is 5.32. The normalized spacial score (nSPS) is 15.7. The summed E-state index contributed by atoms with van der Waals surface area (Å²) in [4.78, 5) is 0. The second-order valence-electron chi connectivity index (χ2n) is 11.5. The van der Waals surface area contributed by atoms with Crippen molar-refractivity contribution in [3.05, 3.63) is 113 Å². The lowest BCUT2D eigenvalue weighted by Crippen LogP contribution is -2.23. The highest BCUT2D eigenvalue weighted by Crippen LogP contribution is 2.44. The predicted molar refractivity (Wildman–Crippen MR) is 183 cm³/mol. The van der Waals surface area contributed by atoms with E-state index in [2.05, 4.69) is 116 Å². The van der Waals surface area contributed by atoms with Crippen LogP contribution in [-0.4, -0.2) is 6.04 Å². The predicted octanol–water partition coefficient (Wildman–Crippen LogP) is 11.6. The van der Waals surface area contributed by atoms with Crippen LogP contribution in [0.5, 0.6) is 0 Å². The fourth-order valence-electron chi connectivity index (χ4n) is 4.81. The van der Waals surface area contributed by atoms with Gasteiger partial charge in [-0.15, -0.1) is 5.73 Å². The van der Waals surface area contributed by atoms with Crippen molar-refractivity contribution in [2.75, 3.05) is 0 Å². The Kier molecular flexibility index (Phi) is 19.8. The van der Waals surface area contributed by atoms with Gasteiger partial charge in [-0.1, -0.05) is 132 Å². The van der Waals surface area contributed by atoms with Crippen LogP contribution in [0.1, 0.15) is 118 Å². The number of hydrogen-bond acceptors (Lipinski definition) is 1. The molecule has 0 amide bonds. The average molecular weight is 544 g/mol. The zero-order valence-corrected chi connectivity index (χ0v) is 27.5. The van der Waals surface area contributed by atoms with E-state index >= 15 is 0 Å². The summed E-state index contributed by atoms with van der Waals surface area (Å²) in [6.45, 7) is 28.7. The van der Waals surface area contributed by atoms with Gasteiger partial charge in [0.15, 0.2) is 0 Å². The van der Waals surface area contributed by atoms with Crippen LogP contribution < -0.4 is 5.73 Å². The van der Waals surface area contributed by atoms with E-state index in [9.17, 15) is 0 Å². The lowest BCUT2D eigenvalue weighted by molar-refractivity contribution is 0.231. The summed E-state index contributed by atoms with van der Waals surface area (Å²) >= 11 is 0. The second-order valence-corrected chi connectivity index (χ2v) is 11.5. The summed E-state index contributed by atoms with van der Waals surface area (Å²) in [5, 5.41) is 0. The molecule has 0 spiro atoms. The Morgan fingerprint density at radius 3 is 1.77 bits per heavy atom. The minimum Gasteiger partial charge on any atom is -0.324 e. The third kappa shape index (κ3) is 15.9. The van der Waals surface area contributed by atoms with Crippen molar-refractivity contribution in [2.24, 2.45) is 11.1 Å². The van der Waals surface area contributed by atoms with E-state index < -0.39 is 0 Å². The Morgan fingerprint density at radius 1 is 0.850 bits per heavy atom. The van der Waals surface area contributed by atoms with Crippen molar-refractivity contribution >= 4 is 0 Å². The van der Waals surface area contributed by atoms with Gasteiger partial charge >= 0.3 is 0 Å². The lowest BCUT2D eigenvalue weighted by Gasteiger charge is -2.37. The van der Waals surface area contributed by atoms with Gasteiger partial charge in [0.1, 0.15) is 0 Å². The molecule has 0 radical (unpaired) electrons. The van der Waals surface area contributed by atoms with Crippen molar-refractivity contribution in [3.8, 4) is 0 Å². The summed E-state index contributed by atoms with van der Waals surface area (Å²) in [5.74, 6) is 0. The fourth-order valence-corrected chi connectivity index (χ4v) is 4.81. The zero-order chi connectivity index (χ0) is 30.6. The third-order valence-corrected chi connectivity index (χ3v) is 7.90. The van der Waals surface area contributed by atoms with E-state index in [0.717, 1.165) is 31.3 Å². The maximum absolute atomic E-state index is 5.52. The van der Waals surface area contributed by atoms with Crippen LogP contribution in [0, 0.1) is 5.41 Å². The largest absolute Gasteiger partial charge is 0.324 e. The van der Waals surface area contributed by atoms with Gasteiger partial charge in [0.05, 0.1) is 0 Å². The van der Waals surface area contributed by atoms with Crippen LogP contribution >= 0.6 is 0 Å². The molecule has 0 aliphatic heterocycles. The molecule has 40 heavy (non-hydrogen) atoms. The molecule has 1 aromatic carbocycles. The van der Waals surface area contributed by atoms with E-state index in [4.69, 9.17) is 5.73 Å². The molecule has 1 unspecified atom stereocenters. The third-order valence-electron chi connectivity index (χ3n) is 7.90. The molecule has 3 rings (SSSR count). The van der Waals surface area contributed by atoms with Crippen LogP contribution in [-0.2, 0) is 12.8 Å². The molecule has 1 fully saturated rings. The highest BCUT2D eigenvalue weighted by Gasteiger charge is 2.30. The Hall–Kier alpha value is -2.60. The van der Waals surface area contributed by atoms with Gasteiger partial charge in [0, 0.05) is 6.04 Å². The molecule has 1 nitrogen and oxygen atoms in total. The van der Waals surface area contributed by atoms with E-state index in [-0.39, 0.29) is 6.04 Å². The topological polar surface area (TPSA) is 26.0 Å². The van der Waals surface area contributed by atoms with Crippen molar-refractivity contribution in [1.82, 2.24) is 0 Å². The van der Waals surface area contributed by atoms with E-state index in [1.54, 1.807) is 0 Å². The molecule has 2 aliphatic rings. The number of hydrogen-bond donors (Lipinski definition) is 1. The first-order valence-corrected chi connectivity index (χ1v) is 15.5. The van der Waals surface area contributed by atoms with Crippen LogP contribution in [0.15, 0.2) is 102 Å². The first kappa shape index (κ1) is 37.4. The highest BCUT2D eigenvalue weighted by atomic mass is 14.6. The van der Waals surface area contributed by atoms with Crippen molar-refractivity contribution < 1.29 is 0 Å². The minimum atomic E-state index is 0.208. The smallest absolute Gasteiger partial charge is 0.0245 e. The van der Waals surface area contributed by atoms with Crippen molar-refractivity contribution in [2.45, 2.75) is 126 Å². The summed E-state index contributed by atoms with van der Waals surface area (Å²) in [6.07, 6.45) is 20.8. The van der Waals surface area contributed by atoms with Gasteiger partial charge in [0.25, 0.3) is 0 Å². The van der Waals surface area contributed by atoms with Gasteiger partial charge in [-0.05, 0) is 100 Å². The number of rotatable bonds is 8. The van der Waals surface area contributed by atoms with Crippen LogP contribution in [0.25, 0.3) is 0 Å².